The van der Waals surface area contributed by atoms with Gasteiger partial charge in [0.1, 0.15) is 0 Å². The number of aliphatic hydroxyl groups is 1. The van der Waals surface area contributed by atoms with E-state index in [1.165, 1.54) is 12.2 Å². The van der Waals surface area contributed by atoms with Gasteiger partial charge in [-0.1, -0.05) is 0 Å². The van der Waals surface area contributed by atoms with Crippen molar-refractivity contribution in [1.29, 1.82) is 0 Å². The number of hydrogen-bond donors (Lipinski definition) is 2. The molecule has 0 saturated carbocycles. The molecule has 1 unspecified atom stereocenters. The van der Waals surface area contributed by atoms with E-state index in [-0.39, 0.29) is 6.10 Å². The quantitative estimate of drug-likeness (QED) is 0.618. The van der Waals surface area contributed by atoms with Crippen LogP contribution in [0.25, 0.3) is 0 Å². The van der Waals surface area contributed by atoms with Gasteiger partial charge in [0.2, 0.25) is 0 Å². The molecule has 1 fully saturated rings. The Kier molecular flexibility index (Phi) is 3.52. The second-order valence-electron chi connectivity index (χ2n) is 2.78. The minimum absolute atomic E-state index is 0.257. The minimum atomic E-state index is -0.257. The Morgan fingerprint density at radius 2 is 2.50 bits per heavy atom. The molecule has 0 radical (unpaired) electrons. The fourth-order valence-electron chi connectivity index (χ4n) is 1.26. The van der Waals surface area contributed by atoms with E-state index >= 15 is 0 Å². The van der Waals surface area contributed by atoms with Crippen molar-refractivity contribution in [2.24, 2.45) is 11.7 Å². The lowest BCUT2D eigenvalue weighted by Gasteiger charge is -2.24. The molecule has 1 rings (SSSR count). The predicted molar refractivity (Wildman–Crippen MR) is 45.1 cm³/mol. The van der Waals surface area contributed by atoms with E-state index in [2.05, 4.69) is 0 Å². The molecule has 0 aromatic carbocycles. The van der Waals surface area contributed by atoms with Crippen LogP contribution in [0.15, 0.2) is 0 Å². The van der Waals surface area contributed by atoms with E-state index in [1.807, 2.05) is 11.8 Å². The van der Waals surface area contributed by atoms with Gasteiger partial charge in [0.25, 0.3) is 0 Å². The van der Waals surface area contributed by atoms with Crippen molar-refractivity contribution in [1.82, 2.24) is 0 Å². The zero-order valence-electron chi connectivity index (χ0n) is 6.12. The number of hydrogen-bond acceptors (Lipinski definition) is 3. The molecule has 0 aromatic rings. The summed E-state index contributed by atoms with van der Waals surface area (Å²) < 4.78 is 0. The summed E-state index contributed by atoms with van der Waals surface area (Å²) in [6.45, 7) is 0.422. The van der Waals surface area contributed by atoms with E-state index in [0.29, 0.717) is 12.5 Å². The Balaban J connectivity index is 2.24. The summed E-state index contributed by atoms with van der Waals surface area (Å²) in [5.74, 6) is 2.82. The van der Waals surface area contributed by atoms with Crippen LogP contribution < -0.4 is 5.73 Å². The first kappa shape index (κ1) is 8.37. The maximum atomic E-state index is 9.34. The molecule has 2 atom stereocenters. The van der Waals surface area contributed by atoms with Gasteiger partial charge in [-0.3, -0.25) is 0 Å². The summed E-state index contributed by atoms with van der Waals surface area (Å²) in [5, 5.41) is 9.34. The smallest absolute Gasteiger partial charge is 0.0698 e. The molecule has 0 spiro atoms. The van der Waals surface area contributed by atoms with E-state index < -0.39 is 0 Å². The molecule has 10 heavy (non-hydrogen) atoms. The summed E-state index contributed by atoms with van der Waals surface area (Å²) in [7, 11) is 0. The summed E-state index contributed by atoms with van der Waals surface area (Å²) in [6.07, 6.45) is 2.14. The second kappa shape index (κ2) is 4.21. The maximum Gasteiger partial charge on any atom is 0.0698 e. The lowest BCUT2D eigenvalue weighted by atomic mass is 9.99. The Hall–Kier alpha value is 0.270. The minimum Gasteiger partial charge on any atom is -0.391 e. The highest BCUT2D eigenvalue weighted by Crippen LogP contribution is 2.24. The van der Waals surface area contributed by atoms with Gasteiger partial charge in [-0.15, -0.1) is 0 Å². The molecule has 3 heteroatoms. The van der Waals surface area contributed by atoms with Crippen LogP contribution in [-0.4, -0.2) is 29.3 Å². The fourth-order valence-corrected chi connectivity index (χ4v) is 2.49. The molecule has 60 valence electrons. The molecule has 1 saturated heterocycles. The van der Waals surface area contributed by atoms with Crippen molar-refractivity contribution in [2.45, 2.75) is 18.9 Å². The fraction of sp³-hybridized carbons (Fsp3) is 1.00. The van der Waals surface area contributed by atoms with Crippen LogP contribution in [-0.2, 0) is 0 Å². The maximum absolute atomic E-state index is 9.34. The lowest BCUT2D eigenvalue weighted by molar-refractivity contribution is 0.120. The van der Waals surface area contributed by atoms with Crippen LogP contribution in [0, 0.1) is 5.92 Å². The predicted octanol–water partition coefficient (Wildman–Crippen LogP) is 0.449. The van der Waals surface area contributed by atoms with Crippen molar-refractivity contribution < 1.29 is 5.11 Å². The Morgan fingerprint density at radius 3 is 3.00 bits per heavy atom. The second-order valence-corrected chi connectivity index (χ2v) is 3.93. The highest BCUT2D eigenvalue weighted by atomic mass is 32.2. The van der Waals surface area contributed by atoms with Crippen molar-refractivity contribution in [2.75, 3.05) is 18.1 Å². The summed E-state index contributed by atoms with van der Waals surface area (Å²) in [5.41, 5.74) is 5.34. The van der Waals surface area contributed by atoms with Crippen LogP contribution in [0.5, 0.6) is 0 Å². The Labute approximate surface area is 66.2 Å². The third kappa shape index (κ3) is 2.15. The first-order valence-corrected chi connectivity index (χ1v) is 4.96. The zero-order valence-corrected chi connectivity index (χ0v) is 6.94. The molecular formula is C7H15NOS. The highest BCUT2D eigenvalue weighted by molar-refractivity contribution is 7.99. The average molecular weight is 161 g/mol. The van der Waals surface area contributed by atoms with Crippen LogP contribution in [0.3, 0.4) is 0 Å². The van der Waals surface area contributed by atoms with Crippen LogP contribution in [0.1, 0.15) is 12.8 Å². The number of thioether (sulfide) groups is 1. The molecule has 1 aliphatic rings. The van der Waals surface area contributed by atoms with Gasteiger partial charge in [0.15, 0.2) is 0 Å². The molecule has 1 heterocycles. The van der Waals surface area contributed by atoms with Crippen LogP contribution >= 0.6 is 11.8 Å². The summed E-state index contributed by atoms with van der Waals surface area (Å²) in [6, 6.07) is 0. The molecular weight excluding hydrogens is 146 g/mol. The van der Waals surface area contributed by atoms with Gasteiger partial charge >= 0.3 is 0 Å². The first-order chi connectivity index (χ1) is 4.84. The number of nitrogens with two attached hydrogens (primary N) is 1. The molecule has 3 N–H and O–H groups in total. The van der Waals surface area contributed by atoms with E-state index in [1.54, 1.807) is 0 Å². The summed E-state index contributed by atoms with van der Waals surface area (Å²) >= 11 is 1.93. The normalized spacial score (nSPS) is 30.0. The van der Waals surface area contributed by atoms with E-state index in [0.717, 1.165) is 12.2 Å². The van der Waals surface area contributed by atoms with Gasteiger partial charge in [0.05, 0.1) is 6.10 Å². The third-order valence-electron chi connectivity index (χ3n) is 1.98. The lowest BCUT2D eigenvalue weighted by Crippen LogP contribution is -2.32. The van der Waals surface area contributed by atoms with Crippen LogP contribution in [0.4, 0.5) is 0 Å². The molecule has 0 aliphatic carbocycles. The van der Waals surface area contributed by atoms with Crippen molar-refractivity contribution in [3.63, 3.8) is 0 Å². The third-order valence-corrected chi connectivity index (χ3v) is 3.22. The Bertz CT molecular complexity index is 93.6. The van der Waals surface area contributed by atoms with Crippen molar-refractivity contribution in [3.8, 4) is 0 Å². The average Bonchev–Trinajstić information content (AvgIpc) is 2.05. The van der Waals surface area contributed by atoms with Crippen LogP contribution in [0.2, 0.25) is 0 Å². The number of aliphatic hydroxyl groups excluding tert-OH is 1. The van der Waals surface area contributed by atoms with Gasteiger partial charge in [-0.05, 0) is 30.3 Å². The topological polar surface area (TPSA) is 46.2 Å². The van der Waals surface area contributed by atoms with Gasteiger partial charge < -0.3 is 10.8 Å². The Morgan fingerprint density at radius 1 is 1.70 bits per heavy atom. The van der Waals surface area contributed by atoms with Crippen molar-refractivity contribution >= 4 is 11.8 Å². The van der Waals surface area contributed by atoms with Gasteiger partial charge in [0, 0.05) is 6.54 Å². The van der Waals surface area contributed by atoms with E-state index in [9.17, 15) is 5.11 Å². The summed E-state index contributed by atoms with van der Waals surface area (Å²) in [4.78, 5) is 0. The molecule has 1 aliphatic heterocycles. The highest BCUT2D eigenvalue weighted by Gasteiger charge is 2.20. The molecule has 0 aromatic heterocycles. The van der Waals surface area contributed by atoms with E-state index in [4.69, 9.17) is 5.73 Å². The van der Waals surface area contributed by atoms with Gasteiger partial charge in [-0.2, -0.15) is 11.8 Å². The standard InChI is InChI=1S/C7H15NOS/c8-4-7(9)6-2-1-3-10-5-6/h6-7,9H,1-5,8H2/t6?,7-/m1/s1. The molecule has 0 amide bonds. The first-order valence-electron chi connectivity index (χ1n) is 3.80. The molecule has 0 bridgehead atoms. The monoisotopic (exact) mass is 161 g/mol. The largest absolute Gasteiger partial charge is 0.391 e. The number of rotatable bonds is 2. The SMILES string of the molecule is NC[C@@H](O)C1CCCSC1. The zero-order chi connectivity index (χ0) is 7.40. The van der Waals surface area contributed by atoms with Crippen molar-refractivity contribution in [3.05, 3.63) is 0 Å². The van der Waals surface area contributed by atoms with Gasteiger partial charge in [-0.25, -0.2) is 0 Å². The molecule has 2 nitrogen and oxygen atoms in total.